The molecule has 0 amide bonds. The van der Waals surface area contributed by atoms with Gasteiger partial charge in [0.05, 0.1) is 11.0 Å². The molecule has 1 heterocycles. The van der Waals surface area contributed by atoms with Crippen LogP contribution in [0.15, 0.2) is 54.9 Å². The van der Waals surface area contributed by atoms with Gasteiger partial charge in [-0.1, -0.05) is 23.7 Å². The van der Waals surface area contributed by atoms with Crippen LogP contribution in [-0.2, 0) is 0 Å². The smallest absolute Gasteiger partial charge is 0.121 e. The molecule has 0 spiro atoms. The van der Waals surface area contributed by atoms with E-state index in [-0.39, 0.29) is 6.61 Å². The molecular weight excluding hydrogens is 288 g/mol. The van der Waals surface area contributed by atoms with Gasteiger partial charge in [0.15, 0.2) is 0 Å². The van der Waals surface area contributed by atoms with Crippen molar-refractivity contribution < 1.29 is 9.84 Å². The maximum absolute atomic E-state index is 10.1. The third-order valence-corrected chi connectivity index (χ3v) is 3.32. The summed E-state index contributed by atoms with van der Waals surface area (Å²) in [4.78, 5) is 8.41. The standard InChI is InChI=1S/C16H13ClN2O2/c17-12-3-1-2-11(8-12)16(20)10-21-13-4-5-14-15(9-13)19-7-6-18-14/h1-9,16,20H,10H2. The van der Waals surface area contributed by atoms with Crippen LogP contribution in [0, 0.1) is 0 Å². The van der Waals surface area contributed by atoms with Gasteiger partial charge >= 0.3 is 0 Å². The molecule has 0 bridgehead atoms. The van der Waals surface area contributed by atoms with Crippen LogP contribution in [0.4, 0.5) is 0 Å². The molecule has 4 nitrogen and oxygen atoms in total. The van der Waals surface area contributed by atoms with Gasteiger partial charge in [-0.3, -0.25) is 9.97 Å². The molecule has 5 heteroatoms. The summed E-state index contributed by atoms with van der Waals surface area (Å²) in [6, 6.07) is 12.5. The molecule has 0 saturated carbocycles. The Labute approximate surface area is 127 Å². The Kier molecular flexibility index (Phi) is 3.99. The first kappa shape index (κ1) is 13.8. The lowest BCUT2D eigenvalue weighted by Gasteiger charge is -2.13. The van der Waals surface area contributed by atoms with Gasteiger partial charge in [-0.25, -0.2) is 0 Å². The highest BCUT2D eigenvalue weighted by Crippen LogP contribution is 2.21. The summed E-state index contributed by atoms with van der Waals surface area (Å²) >= 11 is 5.90. The molecule has 1 atom stereocenters. The molecule has 1 N–H and O–H groups in total. The lowest BCUT2D eigenvalue weighted by Crippen LogP contribution is -2.09. The van der Waals surface area contributed by atoms with Crippen LogP contribution in [0.3, 0.4) is 0 Å². The Balaban J connectivity index is 1.71. The fourth-order valence-corrected chi connectivity index (χ4v) is 2.22. The average Bonchev–Trinajstić information content (AvgIpc) is 2.52. The van der Waals surface area contributed by atoms with E-state index in [1.807, 2.05) is 18.2 Å². The minimum absolute atomic E-state index is 0.145. The van der Waals surface area contributed by atoms with Crippen molar-refractivity contribution in [1.29, 1.82) is 0 Å². The van der Waals surface area contributed by atoms with Crippen LogP contribution in [-0.4, -0.2) is 21.7 Å². The van der Waals surface area contributed by atoms with E-state index in [9.17, 15) is 5.11 Å². The zero-order valence-electron chi connectivity index (χ0n) is 11.1. The fourth-order valence-electron chi connectivity index (χ4n) is 2.02. The van der Waals surface area contributed by atoms with E-state index in [2.05, 4.69) is 9.97 Å². The van der Waals surface area contributed by atoms with Crippen LogP contribution in [0.25, 0.3) is 11.0 Å². The van der Waals surface area contributed by atoms with Gasteiger partial charge in [0.25, 0.3) is 0 Å². The van der Waals surface area contributed by atoms with E-state index in [0.717, 1.165) is 16.6 Å². The van der Waals surface area contributed by atoms with Crippen molar-refractivity contribution in [1.82, 2.24) is 9.97 Å². The lowest BCUT2D eigenvalue weighted by atomic mass is 10.1. The van der Waals surface area contributed by atoms with Crippen LogP contribution in [0.5, 0.6) is 5.75 Å². The molecule has 0 saturated heterocycles. The number of aromatic nitrogens is 2. The van der Waals surface area contributed by atoms with E-state index >= 15 is 0 Å². The number of aliphatic hydroxyl groups is 1. The summed E-state index contributed by atoms with van der Waals surface area (Å²) in [6.07, 6.45) is 2.54. The van der Waals surface area contributed by atoms with Gasteiger partial charge in [-0.05, 0) is 29.8 Å². The van der Waals surface area contributed by atoms with Gasteiger partial charge in [-0.2, -0.15) is 0 Å². The number of halogens is 1. The number of hydrogen-bond donors (Lipinski definition) is 1. The molecule has 0 radical (unpaired) electrons. The molecule has 1 aromatic heterocycles. The van der Waals surface area contributed by atoms with Gasteiger partial charge in [0.1, 0.15) is 18.5 Å². The van der Waals surface area contributed by atoms with Crippen molar-refractivity contribution in [3.8, 4) is 5.75 Å². The van der Waals surface area contributed by atoms with Crippen LogP contribution in [0.1, 0.15) is 11.7 Å². The summed E-state index contributed by atoms with van der Waals surface area (Å²) in [5, 5.41) is 10.7. The van der Waals surface area contributed by atoms with Crippen LogP contribution >= 0.6 is 11.6 Å². The minimum Gasteiger partial charge on any atom is -0.490 e. The molecule has 21 heavy (non-hydrogen) atoms. The number of rotatable bonds is 4. The first-order chi connectivity index (χ1) is 10.2. The quantitative estimate of drug-likeness (QED) is 0.802. The zero-order chi connectivity index (χ0) is 14.7. The highest BCUT2D eigenvalue weighted by atomic mass is 35.5. The van der Waals surface area contributed by atoms with Crippen molar-refractivity contribution in [3.05, 3.63) is 65.4 Å². The Hall–Kier alpha value is -2.17. The predicted molar refractivity (Wildman–Crippen MR) is 81.4 cm³/mol. The molecule has 0 aliphatic carbocycles. The first-order valence-electron chi connectivity index (χ1n) is 6.49. The SMILES string of the molecule is OC(COc1ccc2nccnc2c1)c1cccc(Cl)c1. The third kappa shape index (κ3) is 3.29. The highest BCUT2D eigenvalue weighted by Gasteiger charge is 2.09. The van der Waals surface area contributed by atoms with Crippen molar-refractivity contribution in [3.63, 3.8) is 0 Å². The average molecular weight is 301 g/mol. The summed E-state index contributed by atoms with van der Waals surface area (Å²) in [5.41, 5.74) is 2.29. The number of aliphatic hydroxyl groups excluding tert-OH is 1. The largest absolute Gasteiger partial charge is 0.490 e. The van der Waals surface area contributed by atoms with E-state index in [0.29, 0.717) is 10.8 Å². The third-order valence-electron chi connectivity index (χ3n) is 3.08. The van der Waals surface area contributed by atoms with Gasteiger partial charge in [0.2, 0.25) is 0 Å². The second-order valence-electron chi connectivity index (χ2n) is 4.59. The predicted octanol–water partition coefficient (Wildman–Crippen LogP) is 3.40. The second kappa shape index (κ2) is 6.08. The van der Waals surface area contributed by atoms with Gasteiger partial charge in [0, 0.05) is 23.5 Å². The number of ether oxygens (including phenoxy) is 1. The van der Waals surface area contributed by atoms with Crippen LogP contribution < -0.4 is 4.74 Å². The fraction of sp³-hybridized carbons (Fsp3) is 0.125. The molecule has 0 fully saturated rings. The van der Waals surface area contributed by atoms with E-state index < -0.39 is 6.10 Å². The summed E-state index contributed by atoms with van der Waals surface area (Å²) < 4.78 is 5.61. The maximum atomic E-state index is 10.1. The lowest BCUT2D eigenvalue weighted by molar-refractivity contribution is 0.108. The Morgan fingerprint density at radius 3 is 2.67 bits per heavy atom. The zero-order valence-corrected chi connectivity index (χ0v) is 11.9. The van der Waals surface area contributed by atoms with Crippen molar-refractivity contribution in [2.24, 2.45) is 0 Å². The molecule has 0 aliphatic rings. The van der Waals surface area contributed by atoms with Crippen molar-refractivity contribution in [2.45, 2.75) is 6.10 Å². The van der Waals surface area contributed by atoms with E-state index in [1.54, 1.807) is 36.7 Å². The summed E-state index contributed by atoms with van der Waals surface area (Å²) in [6.45, 7) is 0.145. The molecular formula is C16H13ClN2O2. The monoisotopic (exact) mass is 300 g/mol. The number of hydrogen-bond acceptors (Lipinski definition) is 4. The number of nitrogens with zero attached hydrogens (tertiary/aromatic N) is 2. The molecule has 2 aromatic carbocycles. The summed E-state index contributed by atoms with van der Waals surface area (Å²) in [7, 11) is 0. The number of benzene rings is 2. The molecule has 3 aromatic rings. The van der Waals surface area contributed by atoms with Crippen LogP contribution in [0.2, 0.25) is 5.02 Å². The topological polar surface area (TPSA) is 55.2 Å². The Morgan fingerprint density at radius 1 is 1.05 bits per heavy atom. The molecule has 0 aliphatic heterocycles. The Bertz CT molecular complexity index is 764. The Morgan fingerprint density at radius 2 is 1.86 bits per heavy atom. The molecule has 3 rings (SSSR count). The van der Waals surface area contributed by atoms with Crippen molar-refractivity contribution >= 4 is 22.6 Å². The maximum Gasteiger partial charge on any atom is 0.121 e. The number of fused-ring (bicyclic) bond motifs is 1. The normalized spacial score (nSPS) is 12.3. The van der Waals surface area contributed by atoms with Gasteiger partial charge in [-0.15, -0.1) is 0 Å². The first-order valence-corrected chi connectivity index (χ1v) is 6.87. The van der Waals surface area contributed by atoms with E-state index in [1.165, 1.54) is 0 Å². The minimum atomic E-state index is -0.735. The van der Waals surface area contributed by atoms with Gasteiger partial charge < -0.3 is 9.84 Å². The van der Waals surface area contributed by atoms with E-state index in [4.69, 9.17) is 16.3 Å². The highest BCUT2D eigenvalue weighted by molar-refractivity contribution is 6.30. The second-order valence-corrected chi connectivity index (χ2v) is 5.03. The molecule has 1 unspecified atom stereocenters. The summed E-state index contributed by atoms with van der Waals surface area (Å²) in [5.74, 6) is 0.643. The molecule has 106 valence electrons. The van der Waals surface area contributed by atoms with Crippen molar-refractivity contribution in [2.75, 3.05) is 6.61 Å².